The van der Waals surface area contributed by atoms with Crippen molar-refractivity contribution in [3.8, 4) is 11.3 Å². The molecule has 0 atom stereocenters. The van der Waals surface area contributed by atoms with Gasteiger partial charge in [0.05, 0.1) is 5.56 Å². The average molecular weight is 222 g/mol. The molecule has 0 spiro atoms. The monoisotopic (exact) mass is 222 g/mol. The first-order valence-electron chi connectivity index (χ1n) is 5.40. The molecule has 1 aromatic heterocycles. The van der Waals surface area contributed by atoms with Gasteiger partial charge in [0.2, 0.25) is 0 Å². The van der Waals surface area contributed by atoms with Crippen molar-refractivity contribution in [3.63, 3.8) is 0 Å². The highest BCUT2D eigenvalue weighted by Crippen LogP contribution is 2.18. The Kier molecular flexibility index (Phi) is 2.22. The van der Waals surface area contributed by atoms with E-state index in [0.29, 0.717) is 16.1 Å². The number of hydrogen-bond donors (Lipinski definition) is 0. The Bertz CT molecular complexity index is 665. The van der Waals surface area contributed by atoms with Gasteiger partial charge in [0.15, 0.2) is 0 Å². The Balaban J connectivity index is 2.27. The van der Waals surface area contributed by atoms with Gasteiger partial charge in [-0.1, -0.05) is 36.4 Å². The maximum Gasteiger partial charge on any atom is 0.252 e. The molecule has 0 aliphatic rings. The van der Waals surface area contributed by atoms with Gasteiger partial charge in [-0.15, -0.1) is 0 Å². The first-order valence-corrected chi connectivity index (χ1v) is 5.40. The molecule has 0 unspecified atom stereocenters. The molecule has 1 heterocycles. The average Bonchev–Trinajstić information content (AvgIpc) is 2.39. The molecule has 0 radical (unpaired) electrons. The normalized spacial score (nSPS) is 10.6. The van der Waals surface area contributed by atoms with Gasteiger partial charge in [-0.3, -0.25) is 0 Å². The van der Waals surface area contributed by atoms with Crippen molar-refractivity contribution in [1.29, 1.82) is 0 Å². The van der Waals surface area contributed by atoms with Crippen LogP contribution in [0.1, 0.15) is 0 Å². The Morgan fingerprint density at radius 3 is 2.41 bits per heavy atom. The summed E-state index contributed by atoms with van der Waals surface area (Å²) in [6.45, 7) is 0. The molecular formula is C14H10N2O. The summed E-state index contributed by atoms with van der Waals surface area (Å²) in [6.07, 6.45) is 0. The first kappa shape index (κ1) is 9.78. The fourth-order valence-electron chi connectivity index (χ4n) is 1.86. The molecule has 3 heteroatoms. The lowest BCUT2D eigenvalue weighted by Gasteiger charge is -2.03. The predicted octanol–water partition coefficient (Wildman–Crippen LogP) is 2.54. The molecule has 0 saturated carbocycles. The first-order chi connectivity index (χ1) is 8.34. The largest absolute Gasteiger partial charge is 0.594 e. The van der Waals surface area contributed by atoms with E-state index in [4.69, 9.17) is 0 Å². The van der Waals surface area contributed by atoms with Crippen molar-refractivity contribution in [1.82, 2.24) is 5.10 Å². The van der Waals surface area contributed by atoms with Crippen LogP contribution in [0.15, 0.2) is 60.7 Å². The minimum atomic E-state index is 0.573. The van der Waals surface area contributed by atoms with Crippen LogP contribution in [0.2, 0.25) is 0 Å². The number of rotatable bonds is 1. The van der Waals surface area contributed by atoms with Crippen molar-refractivity contribution >= 4 is 10.9 Å². The van der Waals surface area contributed by atoms with Gasteiger partial charge in [-0.05, 0) is 23.0 Å². The molecule has 17 heavy (non-hydrogen) atoms. The molecule has 0 fully saturated rings. The molecular weight excluding hydrogens is 212 g/mol. The Morgan fingerprint density at radius 2 is 1.59 bits per heavy atom. The third kappa shape index (κ3) is 1.72. The number of aromatic nitrogens is 2. The molecule has 0 N–H and O–H groups in total. The zero-order valence-corrected chi connectivity index (χ0v) is 9.08. The molecule has 0 aliphatic carbocycles. The van der Waals surface area contributed by atoms with Gasteiger partial charge in [-0.2, -0.15) is 0 Å². The lowest BCUT2D eigenvalue weighted by Crippen LogP contribution is -2.33. The second-order valence-corrected chi connectivity index (χ2v) is 3.83. The summed E-state index contributed by atoms with van der Waals surface area (Å²) in [4.78, 5) is 0.678. The van der Waals surface area contributed by atoms with Crippen LogP contribution < -0.4 is 4.85 Å². The molecule has 3 rings (SSSR count). The SMILES string of the molecule is [O-][n+]1nc2ccccc2cc1-c1ccccc1. The Labute approximate surface area is 98.5 Å². The molecule has 0 aliphatic heterocycles. The number of nitrogens with zero attached hydrogens (tertiary/aromatic N) is 2. The Morgan fingerprint density at radius 1 is 0.882 bits per heavy atom. The van der Waals surface area contributed by atoms with Crippen LogP contribution in [-0.2, 0) is 0 Å². The van der Waals surface area contributed by atoms with Crippen LogP contribution in [0.5, 0.6) is 0 Å². The van der Waals surface area contributed by atoms with E-state index in [0.717, 1.165) is 10.9 Å². The fourth-order valence-corrected chi connectivity index (χ4v) is 1.86. The second kappa shape index (κ2) is 3.87. The summed E-state index contributed by atoms with van der Waals surface area (Å²) in [6, 6.07) is 19.0. The van der Waals surface area contributed by atoms with Crippen LogP contribution in [0, 0.1) is 5.21 Å². The quantitative estimate of drug-likeness (QED) is 0.469. The predicted molar refractivity (Wildman–Crippen MR) is 66.1 cm³/mol. The summed E-state index contributed by atoms with van der Waals surface area (Å²) in [5.41, 5.74) is 2.16. The van der Waals surface area contributed by atoms with E-state index in [2.05, 4.69) is 5.10 Å². The minimum absolute atomic E-state index is 0.573. The number of hydrogen-bond acceptors (Lipinski definition) is 2. The number of fused-ring (bicyclic) bond motifs is 1. The summed E-state index contributed by atoms with van der Waals surface area (Å²) in [7, 11) is 0. The van der Waals surface area contributed by atoms with Gasteiger partial charge in [0.1, 0.15) is 5.52 Å². The van der Waals surface area contributed by atoms with Crippen molar-refractivity contribution in [2.45, 2.75) is 0 Å². The molecule has 2 aromatic carbocycles. The standard InChI is InChI=1S/C14H10N2O/c17-16-14(11-6-2-1-3-7-11)10-12-8-4-5-9-13(12)15-16/h1-10H. The van der Waals surface area contributed by atoms with Crippen LogP contribution >= 0.6 is 0 Å². The van der Waals surface area contributed by atoms with Crippen LogP contribution in [0.4, 0.5) is 0 Å². The van der Waals surface area contributed by atoms with Crippen molar-refractivity contribution < 1.29 is 4.85 Å². The molecule has 3 aromatic rings. The maximum atomic E-state index is 11.8. The van der Waals surface area contributed by atoms with E-state index in [-0.39, 0.29) is 0 Å². The van der Waals surface area contributed by atoms with Gasteiger partial charge >= 0.3 is 0 Å². The summed E-state index contributed by atoms with van der Waals surface area (Å²) < 4.78 is 0. The zero-order valence-electron chi connectivity index (χ0n) is 9.08. The van der Waals surface area contributed by atoms with Crippen LogP contribution in [0.25, 0.3) is 22.2 Å². The summed E-state index contributed by atoms with van der Waals surface area (Å²) in [5, 5.41) is 16.8. The molecule has 82 valence electrons. The lowest BCUT2D eigenvalue weighted by molar-refractivity contribution is -0.655. The lowest BCUT2D eigenvalue weighted by atomic mass is 10.1. The van der Waals surface area contributed by atoms with E-state index in [9.17, 15) is 5.21 Å². The van der Waals surface area contributed by atoms with E-state index in [1.54, 1.807) is 0 Å². The van der Waals surface area contributed by atoms with E-state index in [1.165, 1.54) is 0 Å². The Hall–Kier alpha value is -2.42. The van der Waals surface area contributed by atoms with Crippen LogP contribution in [-0.4, -0.2) is 5.10 Å². The van der Waals surface area contributed by atoms with Gasteiger partial charge < -0.3 is 5.21 Å². The minimum Gasteiger partial charge on any atom is -0.594 e. The third-order valence-corrected chi connectivity index (χ3v) is 2.70. The zero-order chi connectivity index (χ0) is 11.7. The van der Waals surface area contributed by atoms with Gasteiger partial charge in [0.25, 0.3) is 5.69 Å². The highest BCUT2D eigenvalue weighted by Gasteiger charge is 2.11. The van der Waals surface area contributed by atoms with E-state index in [1.807, 2.05) is 60.7 Å². The maximum absolute atomic E-state index is 11.8. The summed E-state index contributed by atoms with van der Waals surface area (Å²) >= 11 is 0. The van der Waals surface area contributed by atoms with E-state index < -0.39 is 0 Å². The second-order valence-electron chi connectivity index (χ2n) is 3.83. The van der Waals surface area contributed by atoms with E-state index >= 15 is 0 Å². The molecule has 0 saturated heterocycles. The molecule has 3 nitrogen and oxygen atoms in total. The molecule has 0 amide bonds. The highest BCUT2D eigenvalue weighted by atomic mass is 16.5. The van der Waals surface area contributed by atoms with Crippen LogP contribution in [0.3, 0.4) is 0 Å². The smallest absolute Gasteiger partial charge is 0.252 e. The third-order valence-electron chi connectivity index (χ3n) is 2.70. The fraction of sp³-hybridized carbons (Fsp3) is 0. The highest BCUT2D eigenvalue weighted by molar-refractivity contribution is 5.80. The van der Waals surface area contributed by atoms with Gasteiger partial charge in [0, 0.05) is 16.6 Å². The summed E-state index contributed by atoms with van der Waals surface area (Å²) in [5.74, 6) is 0. The van der Waals surface area contributed by atoms with Crippen molar-refractivity contribution in [2.24, 2.45) is 0 Å². The van der Waals surface area contributed by atoms with Gasteiger partial charge in [-0.25, -0.2) is 0 Å². The topological polar surface area (TPSA) is 39.8 Å². The van der Waals surface area contributed by atoms with Crippen molar-refractivity contribution in [3.05, 3.63) is 65.9 Å². The number of benzene rings is 2. The van der Waals surface area contributed by atoms with Crippen molar-refractivity contribution in [2.75, 3.05) is 0 Å². The molecule has 0 bridgehead atoms.